The van der Waals surface area contributed by atoms with Crippen molar-refractivity contribution in [3.63, 3.8) is 0 Å². The fourth-order valence-electron chi connectivity index (χ4n) is 3.48. The quantitative estimate of drug-likeness (QED) is 0.227. The molecule has 1 amide bonds. The third kappa shape index (κ3) is 8.66. The molecular weight excluding hydrogens is 430 g/mol. The van der Waals surface area contributed by atoms with Crippen molar-refractivity contribution in [2.75, 3.05) is 11.9 Å². The van der Waals surface area contributed by atoms with Gasteiger partial charge in [-0.1, -0.05) is 82.0 Å². The number of esters is 1. The molecule has 6 heteroatoms. The summed E-state index contributed by atoms with van der Waals surface area (Å²) in [5, 5.41) is 5.98. The number of carbonyl (C=O) groups excluding carboxylic acids is 2. The number of benzene rings is 1. The van der Waals surface area contributed by atoms with Crippen LogP contribution in [0, 0.1) is 0 Å². The van der Waals surface area contributed by atoms with Crippen LogP contribution in [0.3, 0.4) is 0 Å². The van der Waals surface area contributed by atoms with Gasteiger partial charge in [-0.2, -0.15) is 0 Å². The van der Waals surface area contributed by atoms with Gasteiger partial charge in [-0.05, 0) is 31.0 Å². The van der Waals surface area contributed by atoms with E-state index in [4.69, 9.17) is 16.3 Å². The number of unbranched alkanes of at least 4 members (excludes halogenated alkanes) is 8. The Bertz CT molecular complexity index is 817. The van der Waals surface area contributed by atoms with Gasteiger partial charge >= 0.3 is 5.97 Å². The van der Waals surface area contributed by atoms with Gasteiger partial charge in [-0.3, -0.25) is 4.79 Å². The van der Waals surface area contributed by atoms with E-state index in [0.29, 0.717) is 22.0 Å². The van der Waals surface area contributed by atoms with Crippen molar-refractivity contribution in [1.29, 1.82) is 0 Å². The summed E-state index contributed by atoms with van der Waals surface area (Å²) in [4.78, 5) is 25.1. The van der Waals surface area contributed by atoms with Gasteiger partial charge in [-0.25, -0.2) is 4.79 Å². The fourth-order valence-corrected chi connectivity index (χ4v) is 4.58. The van der Waals surface area contributed by atoms with Crippen molar-refractivity contribution in [1.82, 2.24) is 0 Å². The molecule has 1 N–H and O–H groups in total. The van der Waals surface area contributed by atoms with Crippen LogP contribution in [0.2, 0.25) is 5.02 Å². The molecule has 0 unspecified atom stereocenters. The highest BCUT2D eigenvalue weighted by molar-refractivity contribution is 7.15. The molecule has 170 valence electrons. The number of ether oxygens (including phenoxy) is 1. The zero-order valence-corrected chi connectivity index (χ0v) is 20.2. The summed E-state index contributed by atoms with van der Waals surface area (Å²) in [6.45, 7) is 4.28. The molecule has 0 saturated heterocycles. The van der Waals surface area contributed by atoms with E-state index in [1.54, 1.807) is 19.1 Å². The Morgan fingerprint density at radius 2 is 1.55 bits per heavy atom. The lowest BCUT2D eigenvalue weighted by molar-refractivity contribution is -0.116. The van der Waals surface area contributed by atoms with Gasteiger partial charge < -0.3 is 10.1 Å². The molecule has 31 heavy (non-hydrogen) atoms. The minimum Gasteiger partial charge on any atom is -0.462 e. The van der Waals surface area contributed by atoms with Crippen LogP contribution in [0.4, 0.5) is 5.00 Å². The Balaban J connectivity index is 1.89. The van der Waals surface area contributed by atoms with E-state index in [0.717, 1.165) is 24.0 Å². The third-order valence-electron chi connectivity index (χ3n) is 5.19. The molecule has 0 aliphatic carbocycles. The number of anilines is 1. The molecule has 0 atom stereocenters. The minimum absolute atomic E-state index is 0.0574. The average molecular weight is 464 g/mol. The summed E-state index contributed by atoms with van der Waals surface area (Å²) in [5.74, 6) is -0.481. The normalized spacial score (nSPS) is 10.8. The molecule has 4 nitrogen and oxygen atoms in total. The molecule has 0 saturated carbocycles. The first-order valence-corrected chi connectivity index (χ1v) is 12.7. The van der Waals surface area contributed by atoms with Crippen LogP contribution in [0.1, 0.15) is 88.4 Å². The standard InChI is InChI=1S/C25H34ClNO3S/c1-3-5-6-7-8-9-10-11-12-13-22(28)27-24-23(25(29)30-4-2)21(18-31-24)19-14-16-20(26)17-15-19/h14-18H,3-13H2,1-2H3,(H,27,28). The van der Waals surface area contributed by atoms with Crippen LogP contribution in [-0.4, -0.2) is 18.5 Å². The van der Waals surface area contributed by atoms with E-state index in [1.807, 2.05) is 17.5 Å². The lowest BCUT2D eigenvalue weighted by Gasteiger charge is -2.09. The Labute approximate surface area is 195 Å². The van der Waals surface area contributed by atoms with E-state index >= 15 is 0 Å². The van der Waals surface area contributed by atoms with E-state index in [-0.39, 0.29) is 12.5 Å². The van der Waals surface area contributed by atoms with E-state index < -0.39 is 5.97 Å². The second-order valence-corrected chi connectivity index (χ2v) is 9.02. The summed E-state index contributed by atoms with van der Waals surface area (Å²) >= 11 is 7.34. The Hall–Kier alpha value is -1.85. The van der Waals surface area contributed by atoms with Crippen LogP contribution in [0.15, 0.2) is 29.6 Å². The summed E-state index contributed by atoms with van der Waals surface area (Å²) in [6, 6.07) is 7.29. The number of nitrogens with one attached hydrogen (secondary N) is 1. The fraction of sp³-hybridized carbons (Fsp3) is 0.520. The SMILES string of the molecule is CCCCCCCCCCCC(=O)Nc1scc(-c2ccc(Cl)cc2)c1C(=O)OCC. The number of amides is 1. The number of thiophene rings is 1. The van der Waals surface area contributed by atoms with Crippen molar-refractivity contribution in [3.8, 4) is 11.1 Å². The lowest BCUT2D eigenvalue weighted by Crippen LogP contribution is -2.14. The monoisotopic (exact) mass is 463 g/mol. The van der Waals surface area contributed by atoms with E-state index in [1.165, 1.54) is 56.3 Å². The maximum absolute atomic E-state index is 12.6. The molecule has 0 radical (unpaired) electrons. The van der Waals surface area contributed by atoms with Crippen LogP contribution in [0.5, 0.6) is 0 Å². The Morgan fingerprint density at radius 1 is 0.935 bits per heavy atom. The summed E-state index contributed by atoms with van der Waals surface area (Å²) in [5.41, 5.74) is 2.02. The van der Waals surface area contributed by atoms with E-state index in [9.17, 15) is 9.59 Å². The summed E-state index contributed by atoms with van der Waals surface area (Å²) in [7, 11) is 0. The third-order valence-corrected chi connectivity index (χ3v) is 6.33. The predicted molar refractivity (Wildman–Crippen MR) is 131 cm³/mol. The second kappa shape index (κ2) is 14.3. The Morgan fingerprint density at radius 3 is 2.16 bits per heavy atom. The van der Waals surface area contributed by atoms with E-state index in [2.05, 4.69) is 12.2 Å². The molecule has 0 bridgehead atoms. The molecule has 0 aliphatic heterocycles. The molecule has 0 spiro atoms. The topological polar surface area (TPSA) is 55.4 Å². The highest BCUT2D eigenvalue weighted by atomic mass is 35.5. The maximum Gasteiger partial charge on any atom is 0.341 e. The number of hydrogen-bond donors (Lipinski definition) is 1. The smallest absolute Gasteiger partial charge is 0.341 e. The van der Waals surface area contributed by atoms with Gasteiger partial charge in [0.1, 0.15) is 10.6 Å². The largest absolute Gasteiger partial charge is 0.462 e. The number of rotatable bonds is 14. The molecule has 2 aromatic rings. The van der Waals surface area contributed by atoms with Gasteiger partial charge in [0, 0.05) is 22.4 Å². The average Bonchev–Trinajstić information content (AvgIpc) is 3.16. The maximum atomic E-state index is 12.6. The van der Waals surface area contributed by atoms with Gasteiger partial charge in [0.2, 0.25) is 5.91 Å². The van der Waals surface area contributed by atoms with Gasteiger partial charge in [-0.15, -0.1) is 11.3 Å². The van der Waals surface area contributed by atoms with Crippen molar-refractivity contribution >= 4 is 39.8 Å². The highest BCUT2D eigenvalue weighted by Gasteiger charge is 2.22. The number of carbonyl (C=O) groups is 2. The van der Waals surface area contributed by atoms with Crippen LogP contribution >= 0.6 is 22.9 Å². The lowest BCUT2D eigenvalue weighted by atomic mass is 10.0. The molecule has 0 fully saturated rings. The molecule has 0 aliphatic rings. The van der Waals surface area contributed by atoms with Crippen molar-refractivity contribution in [2.45, 2.75) is 78.1 Å². The molecule has 1 heterocycles. The zero-order valence-electron chi connectivity index (χ0n) is 18.7. The molecule has 1 aromatic carbocycles. The van der Waals surface area contributed by atoms with Crippen LogP contribution in [-0.2, 0) is 9.53 Å². The minimum atomic E-state index is -0.424. The Kier molecular flexibility index (Phi) is 11.7. The van der Waals surface area contributed by atoms with Gasteiger partial charge in [0.25, 0.3) is 0 Å². The molecule has 1 aromatic heterocycles. The number of halogens is 1. The second-order valence-electron chi connectivity index (χ2n) is 7.71. The van der Waals surface area contributed by atoms with Crippen LogP contribution < -0.4 is 5.32 Å². The molecule has 2 rings (SSSR count). The van der Waals surface area contributed by atoms with Gasteiger partial charge in [0.05, 0.1) is 6.61 Å². The summed E-state index contributed by atoms with van der Waals surface area (Å²) in [6.07, 6.45) is 11.4. The molecular formula is C25H34ClNO3S. The summed E-state index contributed by atoms with van der Waals surface area (Å²) < 4.78 is 5.25. The first-order chi connectivity index (χ1) is 15.1. The van der Waals surface area contributed by atoms with Crippen LogP contribution in [0.25, 0.3) is 11.1 Å². The first-order valence-electron chi connectivity index (χ1n) is 11.4. The van der Waals surface area contributed by atoms with Crippen molar-refractivity contribution in [2.24, 2.45) is 0 Å². The number of hydrogen-bond acceptors (Lipinski definition) is 4. The highest BCUT2D eigenvalue weighted by Crippen LogP contribution is 2.36. The predicted octanol–water partition coefficient (Wildman–Crippen LogP) is 8.10. The zero-order chi connectivity index (χ0) is 22.5. The van der Waals surface area contributed by atoms with Crippen molar-refractivity contribution in [3.05, 3.63) is 40.2 Å². The van der Waals surface area contributed by atoms with Crippen molar-refractivity contribution < 1.29 is 14.3 Å². The van der Waals surface area contributed by atoms with Gasteiger partial charge in [0.15, 0.2) is 0 Å². The first kappa shape index (κ1) is 25.4.